The number of thioether (sulfide) groups is 1. The summed E-state index contributed by atoms with van der Waals surface area (Å²) in [6.07, 6.45) is 6.63. The van der Waals surface area contributed by atoms with Crippen LogP contribution in [0.1, 0.15) is 25.7 Å². The van der Waals surface area contributed by atoms with Crippen LogP contribution in [0.3, 0.4) is 0 Å². The third kappa shape index (κ3) is 5.49. The van der Waals surface area contributed by atoms with Crippen molar-refractivity contribution in [3.05, 3.63) is 30.3 Å². The minimum atomic E-state index is 0.0202. The van der Waals surface area contributed by atoms with Crippen molar-refractivity contribution < 1.29 is 9.84 Å². The molecule has 1 aromatic rings. The molecule has 1 aromatic carbocycles. The molecule has 2 rings (SSSR count). The van der Waals surface area contributed by atoms with E-state index in [0.717, 1.165) is 31.7 Å². The van der Waals surface area contributed by atoms with Gasteiger partial charge >= 0.3 is 0 Å². The second-order valence-corrected chi connectivity index (χ2v) is 7.28. The molecule has 1 fully saturated rings. The first kappa shape index (κ1) is 17.6. The lowest BCUT2D eigenvalue weighted by Crippen LogP contribution is -2.46. The van der Waals surface area contributed by atoms with Gasteiger partial charge in [0.05, 0.1) is 13.2 Å². The topological polar surface area (TPSA) is 32.7 Å². The summed E-state index contributed by atoms with van der Waals surface area (Å²) in [6, 6.07) is 9.95. The average Bonchev–Trinajstić information content (AvgIpc) is 2.56. The van der Waals surface area contributed by atoms with Crippen molar-refractivity contribution in [3.8, 4) is 5.75 Å². The number of aliphatic hydroxyl groups excluding tert-OH is 1. The standard InChI is InChI=1S/C18H29NO2S/c1-22-14-6-12-19-11-5-9-18(15-19,16-20)10-13-21-17-7-3-2-4-8-17/h2-4,7-8,20H,5-6,9-16H2,1H3. The lowest BCUT2D eigenvalue weighted by molar-refractivity contribution is 0.0161. The number of nitrogens with zero attached hydrogens (tertiary/aromatic N) is 1. The summed E-state index contributed by atoms with van der Waals surface area (Å²) in [6.45, 7) is 4.29. The number of para-hydroxylation sites is 1. The van der Waals surface area contributed by atoms with Crippen LogP contribution in [-0.4, -0.2) is 54.9 Å². The summed E-state index contributed by atoms with van der Waals surface area (Å²) in [5.41, 5.74) is 0.0202. The highest BCUT2D eigenvalue weighted by molar-refractivity contribution is 7.98. The third-order valence-electron chi connectivity index (χ3n) is 4.54. The third-order valence-corrected chi connectivity index (χ3v) is 5.24. The zero-order valence-electron chi connectivity index (χ0n) is 13.7. The Morgan fingerprint density at radius 3 is 2.86 bits per heavy atom. The largest absolute Gasteiger partial charge is 0.494 e. The first-order chi connectivity index (χ1) is 10.8. The smallest absolute Gasteiger partial charge is 0.119 e. The number of likely N-dealkylation sites (tertiary alicyclic amines) is 1. The maximum atomic E-state index is 9.94. The number of rotatable bonds is 9. The predicted octanol–water partition coefficient (Wildman–Crippen LogP) is 3.28. The molecule has 22 heavy (non-hydrogen) atoms. The van der Waals surface area contributed by atoms with Crippen LogP contribution in [0.15, 0.2) is 30.3 Å². The molecule has 4 heteroatoms. The Morgan fingerprint density at radius 1 is 1.32 bits per heavy atom. The lowest BCUT2D eigenvalue weighted by atomic mass is 9.78. The summed E-state index contributed by atoms with van der Waals surface area (Å²) < 4.78 is 5.84. The maximum absolute atomic E-state index is 9.94. The molecule has 1 unspecified atom stereocenters. The van der Waals surface area contributed by atoms with Gasteiger partial charge < -0.3 is 14.7 Å². The summed E-state index contributed by atoms with van der Waals surface area (Å²) in [5, 5.41) is 9.94. The Morgan fingerprint density at radius 2 is 2.14 bits per heavy atom. The zero-order chi connectivity index (χ0) is 15.7. The fourth-order valence-corrected chi connectivity index (χ4v) is 3.67. The van der Waals surface area contributed by atoms with Gasteiger partial charge in [0.2, 0.25) is 0 Å². The molecule has 1 aliphatic rings. The van der Waals surface area contributed by atoms with Crippen molar-refractivity contribution in [1.82, 2.24) is 4.90 Å². The van der Waals surface area contributed by atoms with Crippen molar-refractivity contribution in [2.45, 2.75) is 25.7 Å². The molecule has 0 amide bonds. The fraction of sp³-hybridized carbons (Fsp3) is 0.667. The van der Waals surface area contributed by atoms with Crippen molar-refractivity contribution in [1.29, 1.82) is 0 Å². The summed E-state index contributed by atoms with van der Waals surface area (Å²) in [5.74, 6) is 2.14. The number of piperidine rings is 1. The van der Waals surface area contributed by atoms with Crippen LogP contribution in [0.4, 0.5) is 0 Å². The van der Waals surface area contributed by atoms with E-state index in [1.165, 1.54) is 25.1 Å². The number of benzene rings is 1. The highest BCUT2D eigenvalue weighted by Gasteiger charge is 2.34. The van der Waals surface area contributed by atoms with Gasteiger partial charge in [-0.3, -0.25) is 0 Å². The van der Waals surface area contributed by atoms with Gasteiger partial charge in [-0.15, -0.1) is 0 Å². The molecule has 0 radical (unpaired) electrons. The van der Waals surface area contributed by atoms with Gasteiger partial charge in [0.1, 0.15) is 5.75 Å². The first-order valence-corrected chi connectivity index (χ1v) is 9.67. The van der Waals surface area contributed by atoms with E-state index in [2.05, 4.69) is 11.2 Å². The average molecular weight is 324 g/mol. The van der Waals surface area contributed by atoms with E-state index in [9.17, 15) is 5.11 Å². The van der Waals surface area contributed by atoms with E-state index in [0.29, 0.717) is 6.61 Å². The van der Waals surface area contributed by atoms with Gasteiger partial charge in [0, 0.05) is 12.0 Å². The van der Waals surface area contributed by atoms with E-state index >= 15 is 0 Å². The maximum Gasteiger partial charge on any atom is 0.119 e. The van der Waals surface area contributed by atoms with Gasteiger partial charge in [-0.25, -0.2) is 0 Å². The van der Waals surface area contributed by atoms with Gasteiger partial charge in [-0.05, 0) is 62.9 Å². The van der Waals surface area contributed by atoms with Crippen molar-refractivity contribution >= 4 is 11.8 Å². The molecule has 1 heterocycles. The predicted molar refractivity (Wildman–Crippen MR) is 94.7 cm³/mol. The molecule has 1 saturated heterocycles. The SMILES string of the molecule is CSCCCN1CCCC(CO)(CCOc2ccccc2)C1. The molecule has 0 saturated carbocycles. The van der Waals surface area contributed by atoms with Gasteiger partial charge in [0.15, 0.2) is 0 Å². The normalized spacial score (nSPS) is 22.6. The van der Waals surface area contributed by atoms with Crippen LogP contribution in [-0.2, 0) is 0 Å². The molecule has 1 atom stereocenters. The van der Waals surface area contributed by atoms with Crippen LogP contribution in [0.25, 0.3) is 0 Å². The van der Waals surface area contributed by atoms with E-state index in [1.54, 1.807) is 0 Å². The Labute approximate surface area is 139 Å². The molecule has 3 nitrogen and oxygen atoms in total. The Kier molecular flexibility index (Phi) is 7.56. The molecular formula is C18H29NO2S. The van der Waals surface area contributed by atoms with Gasteiger partial charge in [-0.2, -0.15) is 11.8 Å². The van der Waals surface area contributed by atoms with Crippen molar-refractivity contribution in [3.63, 3.8) is 0 Å². The molecule has 0 spiro atoms. The summed E-state index contributed by atoms with van der Waals surface area (Å²) in [4.78, 5) is 2.53. The summed E-state index contributed by atoms with van der Waals surface area (Å²) in [7, 11) is 0. The number of hydrogen-bond acceptors (Lipinski definition) is 4. The highest BCUT2D eigenvalue weighted by atomic mass is 32.2. The minimum absolute atomic E-state index is 0.0202. The second-order valence-electron chi connectivity index (χ2n) is 6.30. The summed E-state index contributed by atoms with van der Waals surface area (Å²) >= 11 is 1.91. The van der Waals surface area contributed by atoms with E-state index in [1.807, 2.05) is 42.1 Å². The number of hydrogen-bond donors (Lipinski definition) is 1. The first-order valence-electron chi connectivity index (χ1n) is 8.28. The quantitative estimate of drug-likeness (QED) is 0.707. The van der Waals surface area contributed by atoms with Gasteiger partial charge in [0.25, 0.3) is 0 Å². The molecule has 0 aliphatic carbocycles. The monoisotopic (exact) mass is 323 g/mol. The minimum Gasteiger partial charge on any atom is -0.494 e. The van der Waals surface area contributed by atoms with Crippen molar-refractivity contribution in [2.75, 3.05) is 44.9 Å². The van der Waals surface area contributed by atoms with Crippen LogP contribution >= 0.6 is 11.8 Å². The Hall–Kier alpha value is -0.710. The molecule has 0 aromatic heterocycles. The van der Waals surface area contributed by atoms with E-state index < -0.39 is 0 Å². The fourth-order valence-electron chi connectivity index (χ4n) is 3.25. The van der Waals surface area contributed by atoms with E-state index in [4.69, 9.17) is 4.74 Å². The number of ether oxygens (including phenoxy) is 1. The van der Waals surface area contributed by atoms with Crippen LogP contribution in [0, 0.1) is 5.41 Å². The van der Waals surface area contributed by atoms with Crippen molar-refractivity contribution in [2.24, 2.45) is 5.41 Å². The number of aliphatic hydroxyl groups is 1. The molecule has 0 bridgehead atoms. The highest BCUT2D eigenvalue weighted by Crippen LogP contribution is 2.33. The molecule has 1 aliphatic heterocycles. The Bertz CT molecular complexity index is 415. The van der Waals surface area contributed by atoms with E-state index in [-0.39, 0.29) is 12.0 Å². The lowest BCUT2D eigenvalue weighted by Gasteiger charge is -2.42. The Balaban J connectivity index is 1.80. The van der Waals surface area contributed by atoms with Crippen LogP contribution in [0.2, 0.25) is 0 Å². The molecule has 124 valence electrons. The van der Waals surface area contributed by atoms with Gasteiger partial charge in [-0.1, -0.05) is 18.2 Å². The molecule has 1 N–H and O–H groups in total. The van der Waals surface area contributed by atoms with Crippen LogP contribution in [0.5, 0.6) is 5.75 Å². The molecular weight excluding hydrogens is 294 g/mol. The second kappa shape index (κ2) is 9.43. The van der Waals surface area contributed by atoms with Crippen LogP contribution < -0.4 is 4.74 Å². The zero-order valence-corrected chi connectivity index (χ0v) is 14.5.